The lowest BCUT2D eigenvalue weighted by Crippen LogP contribution is -2.18. The summed E-state index contributed by atoms with van der Waals surface area (Å²) in [5.41, 5.74) is 5.07. The van der Waals surface area contributed by atoms with Crippen molar-refractivity contribution in [2.45, 2.75) is 84.1 Å². The zero-order valence-corrected chi connectivity index (χ0v) is 24.8. The minimum Gasteiger partial charge on any atom is -0.487 e. The third-order valence-corrected chi connectivity index (χ3v) is 8.76. The van der Waals surface area contributed by atoms with Crippen LogP contribution in [-0.4, -0.2) is 14.3 Å². The van der Waals surface area contributed by atoms with Gasteiger partial charge < -0.3 is 9.30 Å². The number of aromatic nitrogens is 2. The molecule has 0 spiro atoms. The van der Waals surface area contributed by atoms with Gasteiger partial charge in [-0.2, -0.15) is 0 Å². The molecule has 0 amide bonds. The molecule has 0 atom stereocenters. The quantitative estimate of drug-likeness (QED) is 0.198. The summed E-state index contributed by atoms with van der Waals surface area (Å²) in [4.78, 5) is 5.91. The summed E-state index contributed by atoms with van der Waals surface area (Å²) < 4.78 is 8.81. The normalized spacial score (nSPS) is 12.4. The molecule has 0 aliphatic carbocycles. The maximum absolute atomic E-state index is 6.21. The molecule has 0 saturated carbocycles. The van der Waals surface area contributed by atoms with Gasteiger partial charge in [-0.3, -0.25) is 0 Å². The number of nitrogens with zero attached hydrogens (tertiary/aromatic N) is 2. The van der Waals surface area contributed by atoms with Crippen LogP contribution in [0.2, 0.25) is 5.02 Å². The molecule has 4 rings (SSSR count). The molecule has 0 bridgehead atoms. The Balaban J connectivity index is 1.83. The van der Waals surface area contributed by atoms with Crippen molar-refractivity contribution in [3.63, 3.8) is 0 Å². The second kappa shape index (κ2) is 10.8. The Morgan fingerprint density at radius 3 is 2.39 bits per heavy atom. The van der Waals surface area contributed by atoms with Gasteiger partial charge in [-0.25, -0.2) is 4.98 Å². The summed E-state index contributed by atoms with van der Waals surface area (Å²) in [5.74, 6) is 0.883. The van der Waals surface area contributed by atoms with E-state index in [1.54, 1.807) is 11.3 Å². The predicted molar refractivity (Wildman–Crippen MR) is 157 cm³/mol. The summed E-state index contributed by atoms with van der Waals surface area (Å²) in [6.07, 6.45) is 2.13. The van der Waals surface area contributed by atoms with Crippen molar-refractivity contribution in [2.75, 3.05) is 0 Å². The number of halogens is 1. The smallest absolute Gasteiger partial charge is 0.131 e. The highest BCUT2D eigenvalue weighted by Gasteiger charge is 2.27. The van der Waals surface area contributed by atoms with Crippen molar-refractivity contribution >= 4 is 45.6 Å². The Morgan fingerprint density at radius 1 is 1.06 bits per heavy atom. The van der Waals surface area contributed by atoms with E-state index in [1.807, 2.05) is 30.8 Å². The van der Waals surface area contributed by atoms with Crippen LogP contribution in [0.4, 0.5) is 0 Å². The SMILES string of the molecule is CCC(C)(C)Cc1c(SC(C)(C)C)c2cc(OCc3csc(C)n3)ccc2n1Cc1ccc(Cl)cc1. The number of benzene rings is 2. The van der Waals surface area contributed by atoms with E-state index < -0.39 is 0 Å². The molecule has 0 radical (unpaired) electrons. The topological polar surface area (TPSA) is 27.1 Å². The third kappa shape index (κ3) is 6.67. The van der Waals surface area contributed by atoms with Crippen LogP contribution in [0.5, 0.6) is 5.75 Å². The standard InChI is InChI=1S/C30H37ClN2OS2/c1-8-30(6,7)16-27-28(36-29(3,4)5)25-15-24(34-18-23-19-35-20(2)32-23)13-14-26(25)33(27)17-21-9-11-22(31)12-10-21/h9-15,19H,8,16-18H2,1-7H3. The number of thioether (sulfide) groups is 1. The number of rotatable bonds is 9. The van der Waals surface area contributed by atoms with Gasteiger partial charge in [-0.1, -0.05) is 71.7 Å². The van der Waals surface area contributed by atoms with Crippen molar-refractivity contribution in [3.8, 4) is 5.75 Å². The van der Waals surface area contributed by atoms with Crippen LogP contribution in [0, 0.1) is 12.3 Å². The molecule has 2 heterocycles. The monoisotopic (exact) mass is 540 g/mol. The molecule has 0 aliphatic rings. The third-order valence-electron chi connectivity index (χ3n) is 6.41. The first-order valence-electron chi connectivity index (χ1n) is 12.6. The Labute approximate surface area is 229 Å². The molecule has 0 N–H and O–H groups in total. The molecule has 3 nitrogen and oxygen atoms in total. The first-order valence-corrected chi connectivity index (χ1v) is 14.6. The van der Waals surface area contributed by atoms with Crippen molar-refractivity contribution in [1.82, 2.24) is 9.55 Å². The van der Waals surface area contributed by atoms with E-state index in [9.17, 15) is 0 Å². The fourth-order valence-corrected chi connectivity index (χ4v) is 6.11. The molecule has 0 aliphatic heterocycles. The van der Waals surface area contributed by atoms with E-state index in [2.05, 4.69) is 86.8 Å². The molecule has 192 valence electrons. The Bertz CT molecular complexity index is 1330. The largest absolute Gasteiger partial charge is 0.487 e. The second-order valence-electron chi connectivity index (χ2n) is 11.2. The average Bonchev–Trinajstić information content (AvgIpc) is 3.34. The summed E-state index contributed by atoms with van der Waals surface area (Å²) in [6.45, 7) is 17.2. The van der Waals surface area contributed by atoms with Crippen molar-refractivity contribution in [3.05, 3.63) is 74.8 Å². The summed E-state index contributed by atoms with van der Waals surface area (Å²) >= 11 is 9.81. The van der Waals surface area contributed by atoms with Gasteiger partial charge in [0.1, 0.15) is 12.4 Å². The number of hydrogen-bond acceptors (Lipinski definition) is 4. The average molecular weight is 541 g/mol. The number of thiazole rings is 1. The lowest BCUT2D eigenvalue weighted by molar-refractivity contribution is 0.302. The molecule has 6 heteroatoms. The van der Waals surface area contributed by atoms with Crippen molar-refractivity contribution in [1.29, 1.82) is 0 Å². The van der Waals surface area contributed by atoms with Crippen LogP contribution in [0.3, 0.4) is 0 Å². The molecule has 0 fully saturated rings. The summed E-state index contributed by atoms with van der Waals surface area (Å²) in [6, 6.07) is 14.8. The lowest BCUT2D eigenvalue weighted by Gasteiger charge is -2.26. The fraction of sp³-hybridized carbons (Fsp3) is 0.433. The zero-order valence-electron chi connectivity index (χ0n) is 22.4. The predicted octanol–water partition coefficient (Wildman–Crippen LogP) is 9.56. The van der Waals surface area contributed by atoms with Gasteiger partial charge in [0.05, 0.1) is 10.7 Å². The zero-order chi connectivity index (χ0) is 26.1. The van der Waals surface area contributed by atoms with Crippen LogP contribution in [0.1, 0.15) is 69.9 Å². The molecule has 0 unspecified atom stereocenters. The first-order chi connectivity index (χ1) is 16.9. The van der Waals surface area contributed by atoms with Crippen molar-refractivity contribution in [2.24, 2.45) is 5.41 Å². The lowest BCUT2D eigenvalue weighted by atomic mass is 9.85. The minimum atomic E-state index is 0.0828. The Hall–Kier alpha value is -1.95. The molecule has 0 saturated heterocycles. The maximum atomic E-state index is 6.21. The van der Waals surface area contributed by atoms with Gasteiger partial charge in [0, 0.05) is 43.2 Å². The summed E-state index contributed by atoms with van der Waals surface area (Å²) in [7, 11) is 0. The van der Waals surface area contributed by atoms with E-state index >= 15 is 0 Å². The highest BCUT2D eigenvalue weighted by molar-refractivity contribution is 8.00. The van der Waals surface area contributed by atoms with Crippen LogP contribution in [0.15, 0.2) is 52.7 Å². The Morgan fingerprint density at radius 2 is 1.78 bits per heavy atom. The highest BCUT2D eigenvalue weighted by atomic mass is 35.5. The molecule has 36 heavy (non-hydrogen) atoms. The van der Waals surface area contributed by atoms with Crippen molar-refractivity contribution < 1.29 is 4.74 Å². The number of aryl methyl sites for hydroxylation is 1. The summed E-state index contributed by atoms with van der Waals surface area (Å²) in [5, 5.41) is 5.17. The Kier molecular flexibility index (Phi) is 8.13. The van der Waals surface area contributed by atoms with Gasteiger partial charge in [0.2, 0.25) is 0 Å². The number of hydrogen-bond donors (Lipinski definition) is 0. The molecule has 2 aromatic heterocycles. The van der Waals surface area contributed by atoms with E-state index in [-0.39, 0.29) is 10.2 Å². The van der Waals surface area contributed by atoms with Crippen LogP contribution in [0.25, 0.3) is 10.9 Å². The van der Waals surface area contributed by atoms with E-state index in [1.165, 1.54) is 27.1 Å². The van der Waals surface area contributed by atoms with Gasteiger partial charge in [-0.05, 0) is 54.7 Å². The van der Waals surface area contributed by atoms with Gasteiger partial charge >= 0.3 is 0 Å². The van der Waals surface area contributed by atoms with Gasteiger partial charge in [0.25, 0.3) is 0 Å². The first kappa shape index (κ1) is 27.1. The minimum absolute atomic E-state index is 0.0828. The highest BCUT2D eigenvalue weighted by Crippen LogP contribution is 2.44. The van der Waals surface area contributed by atoms with Crippen LogP contribution >= 0.6 is 34.7 Å². The van der Waals surface area contributed by atoms with Gasteiger partial charge in [0.15, 0.2) is 0 Å². The molecular weight excluding hydrogens is 504 g/mol. The number of ether oxygens (including phenoxy) is 1. The van der Waals surface area contributed by atoms with E-state index in [0.717, 1.165) is 40.9 Å². The molecule has 2 aromatic carbocycles. The molecule has 4 aromatic rings. The van der Waals surface area contributed by atoms with Crippen LogP contribution in [-0.2, 0) is 19.6 Å². The van der Waals surface area contributed by atoms with E-state index in [4.69, 9.17) is 16.3 Å². The second-order valence-corrected chi connectivity index (χ2v) is 14.6. The van der Waals surface area contributed by atoms with Crippen LogP contribution < -0.4 is 4.74 Å². The van der Waals surface area contributed by atoms with Gasteiger partial charge in [-0.15, -0.1) is 23.1 Å². The fourth-order valence-electron chi connectivity index (χ4n) is 4.20. The maximum Gasteiger partial charge on any atom is 0.131 e. The number of fused-ring (bicyclic) bond motifs is 1. The molecular formula is C30H37ClN2OS2. The van der Waals surface area contributed by atoms with E-state index in [0.29, 0.717) is 6.61 Å².